The summed E-state index contributed by atoms with van der Waals surface area (Å²) in [5.74, 6) is 5.82. The molecule has 252 valence electrons. The predicted octanol–water partition coefficient (Wildman–Crippen LogP) is 7.52. The summed E-state index contributed by atoms with van der Waals surface area (Å²) in [6.45, 7) is 4.65. The number of rotatable bonds is 5. The van der Waals surface area contributed by atoms with Crippen molar-refractivity contribution in [2.45, 2.75) is 44.8 Å². The summed E-state index contributed by atoms with van der Waals surface area (Å²) in [6, 6.07) is 18.8. The Morgan fingerprint density at radius 3 is 2.08 bits per heavy atom. The summed E-state index contributed by atoms with van der Waals surface area (Å²) >= 11 is 0. The van der Waals surface area contributed by atoms with Crippen LogP contribution in [-0.2, 0) is 25.8 Å². The number of likely N-dealkylation sites (N-methyl/N-ethyl adjacent to an activating group) is 1. The average Bonchev–Trinajstić information content (AvgIpc) is 3.10. The number of nitrogens with zero attached hydrogens (tertiary/aromatic N) is 2. The summed E-state index contributed by atoms with van der Waals surface area (Å²) < 4.78 is 43.3. The first-order chi connectivity index (χ1) is 23.4. The molecule has 0 saturated heterocycles. The number of ether oxygens (including phenoxy) is 7. The fourth-order valence-corrected chi connectivity index (χ4v) is 7.56. The van der Waals surface area contributed by atoms with Gasteiger partial charge >= 0.3 is 0 Å². The zero-order chi connectivity index (χ0) is 33.5. The van der Waals surface area contributed by atoms with Crippen LogP contribution < -0.4 is 33.2 Å². The molecule has 48 heavy (non-hydrogen) atoms. The molecule has 0 N–H and O–H groups in total. The minimum absolute atomic E-state index is 0.00403. The molecule has 0 saturated carbocycles. The van der Waals surface area contributed by atoms with Crippen molar-refractivity contribution >= 4 is 0 Å². The van der Waals surface area contributed by atoms with Crippen molar-refractivity contribution in [1.29, 1.82) is 0 Å². The van der Waals surface area contributed by atoms with E-state index in [2.05, 4.69) is 60.2 Å². The molecule has 3 unspecified atom stereocenters. The van der Waals surface area contributed by atoms with E-state index >= 15 is 0 Å². The van der Waals surface area contributed by atoms with E-state index in [0.717, 1.165) is 60.4 Å². The monoisotopic (exact) mass is 652 g/mol. The molecule has 3 atom stereocenters. The number of hydrogen-bond donors (Lipinski definition) is 0. The van der Waals surface area contributed by atoms with E-state index in [1.54, 1.807) is 35.5 Å². The van der Waals surface area contributed by atoms with Gasteiger partial charge in [0.05, 0.1) is 35.5 Å². The second kappa shape index (κ2) is 13.1. The van der Waals surface area contributed by atoms with Gasteiger partial charge in [-0.25, -0.2) is 0 Å². The molecule has 4 aliphatic heterocycles. The Hall–Kier alpha value is -4.60. The predicted molar refractivity (Wildman–Crippen MR) is 184 cm³/mol. The van der Waals surface area contributed by atoms with E-state index in [4.69, 9.17) is 33.2 Å². The largest absolute Gasteiger partial charge is 0.493 e. The second-order valence-electron chi connectivity index (χ2n) is 12.7. The topological polar surface area (TPSA) is 71.1 Å². The maximum absolute atomic E-state index is 7.17. The zero-order valence-corrected chi connectivity index (χ0v) is 28.8. The lowest BCUT2D eigenvalue weighted by Crippen LogP contribution is -2.34. The van der Waals surface area contributed by atoms with Crippen LogP contribution in [0.1, 0.15) is 52.4 Å². The summed E-state index contributed by atoms with van der Waals surface area (Å²) in [5.41, 5.74) is 6.82. The number of fused-ring (bicyclic) bond motifs is 2. The third-order valence-electron chi connectivity index (χ3n) is 10.2. The van der Waals surface area contributed by atoms with Crippen LogP contribution >= 0.6 is 0 Å². The maximum Gasteiger partial charge on any atom is 0.204 e. The van der Waals surface area contributed by atoms with Gasteiger partial charge < -0.3 is 33.2 Å². The van der Waals surface area contributed by atoms with Crippen molar-refractivity contribution in [1.82, 2.24) is 9.80 Å². The van der Waals surface area contributed by atoms with Crippen LogP contribution in [0.15, 0.2) is 54.6 Å². The van der Waals surface area contributed by atoms with Crippen LogP contribution in [0.25, 0.3) is 0 Å². The first kappa shape index (κ1) is 32.0. The number of hydrogen-bond acceptors (Lipinski definition) is 9. The lowest BCUT2D eigenvalue weighted by Gasteiger charge is -2.38. The Morgan fingerprint density at radius 1 is 0.688 bits per heavy atom. The molecule has 0 spiro atoms. The minimum Gasteiger partial charge on any atom is -0.493 e. The van der Waals surface area contributed by atoms with Gasteiger partial charge in [0, 0.05) is 42.8 Å². The molecule has 0 aromatic heterocycles. The molecule has 10 bridgehead atoms. The molecule has 4 aromatic carbocycles. The summed E-state index contributed by atoms with van der Waals surface area (Å²) in [4.78, 5) is 4.86. The first-order valence-electron chi connectivity index (χ1n) is 16.5. The van der Waals surface area contributed by atoms with Crippen LogP contribution in [0.5, 0.6) is 51.7 Å². The summed E-state index contributed by atoms with van der Waals surface area (Å²) in [6.07, 6.45) is 2.40. The van der Waals surface area contributed by atoms with Crippen LogP contribution in [0.4, 0.5) is 0 Å². The Kier molecular flexibility index (Phi) is 8.74. The van der Waals surface area contributed by atoms with Gasteiger partial charge in [0.1, 0.15) is 5.75 Å². The van der Waals surface area contributed by atoms with Gasteiger partial charge in [-0.1, -0.05) is 18.2 Å². The molecule has 0 radical (unpaired) electrons. The molecular formula is C39H44N2O7. The highest BCUT2D eigenvalue weighted by molar-refractivity contribution is 5.66. The molecule has 0 amide bonds. The fourth-order valence-electron chi connectivity index (χ4n) is 7.56. The Bertz CT molecular complexity index is 1820. The summed E-state index contributed by atoms with van der Waals surface area (Å²) in [5, 5.41) is 0. The Morgan fingerprint density at radius 2 is 1.38 bits per heavy atom. The van der Waals surface area contributed by atoms with Crippen molar-refractivity contribution in [3.8, 4) is 51.7 Å². The van der Waals surface area contributed by atoms with Crippen LogP contribution in [0.2, 0.25) is 0 Å². The van der Waals surface area contributed by atoms with E-state index in [1.165, 1.54) is 11.1 Å². The van der Waals surface area contributed by atoms with Gasteiger partial charge in [-0.15, -0.1) is 0 Å². The van der Waals surface area contributed by atoms with Crippen molar-refractivity contribution in [3.63, 3.8) is 0 Å². The van der Waals surface area contributed by atoms with Gasteiger partial charge in [-0.05, 0) is 91.9 Å². The van der Waals surface area contributed by atoms with Gasteiger partial charge in [-0.2, -0.15) is 0 Å². The van der Waals surface area contributed by atoms with Crippen LogP contribution in [0, 0.1) is 0 Å². The van der Waals surface area contributed by atoms with E-state index in [0.29, 0.717) is 52.5 Å². The van der Waals surface area contributed by atoms with Crippen LogP contribution in [0.3, 0.4) is 0 Å². The lowest BCUT2D eigenvalue weighted by atomic mass is 9.87. The molecule has 4 aromatic rings. The second-order valence-corrected chi connectivity index (χ2v) is 12.7. The molecule has 4 heterocycles. The van der Waals surface area contributed by atoms with Crippen molar-refractivity contribution in [3.05, 3.63) is 88.0 Å². The smallest absolute Gasteiger partial charge is 0.204 e. The SMILES string of the molecule is COc1ccc2cc1Oc1ccc(cc1)CC1c3cc(OC)c(OC)c(c3CCN1C)Oc1c(OC)c(OC)cc3c1C(C)N(CC3)C2. The standard InChI is InChI=1S/C39H44N2O7/c1-23-35-26-14-17-41(23)22-25-10-13-31(42-3)32(19-25)47-27-11-8-24(9-12-27)18-30-29-21-34(44-5)37(45-6)36(28(29)15-16-40(30)2)48-39(35)38(46-7)33(20-26)43-4/h8-13,19-21,23,30H,14-18,22H2,1-7H3. The molecular weight excluding hydrogens is 608 g/mol. The highest BCUT2D eigenvalue weighted by atomic mass is 16.6. The first-order valence-corrected chi connectivity index (χ1v) is 16.5. The molecule has 9 heteroatoms. The maximum atomic E-state index is 7.17. The fraction of sp³-hybridized carbons (Fsp3) is 0.385. The minimum atomic E-state index is -0.00403. The Labute approximate surface area is 282 Å². The van der Waals surface area contributed by atoms with Gasteiger partial charge in [-0.3, -0.25) is 9.80 Å². The summed E-state index contributed by atoms with van der Waals surface area (Å²) in [7, 11) is 10.5. The highest BCUT2D eigenvalue weighted by Crippen LogP contribution is 2.54. The van der Waals surface area contributed by atoms with Gasteiger partial charge in [0.2, 0.25) is 11.5 Å². The molecule has 0 fully saturated rings. The van der Waals surface area contributed by atoms with E-state index in [9.17, 15) is 0 Å². The van der Waals surface area contributed by atoms with Gasteiger partial charge in [0.25, 0.3) is 0 Å². The van der Waals surface area contributed by atoms with E-state index in [-0.39, 0.29) is 12.1 Å². The van der Waals surface area contributed by atoms with Crippen LogP contribution in [-0.4, -0.2) is 65.5 Å². The molecule has 8 rings (SSSR count). The number of benzene rings is 4. The third-order valence-corrected chi connectivity index (χ3v) is 10.2. The van der Waals surface area contributed by atoms with Crippen molar-refractivity contribution in [2.75, 3.05) is 55.7 Å². The van der Waals surface area contributed by atoms with E-state index < -0.39 is 0 Å². The van der Waals surface area contributed by atoms with E-state index in [1.807, 2.05) is 18.2 Å². The van der Waals surface area contributed by atoms with Crippen molar-refractivity contribution in [2.24, 2.45) is 0 Å². The normalized spacial score (nSPS) is 19.9. The highest BCUT2D eigenvalue weighted by Gasteiger charge is 2.36. The van der Waals surface area contributed by atoms with Crippen molar-refractivity contribution < 1.29 is 33.2 Å². The zero-order valence-electron chi connectivity index (χ0n) is 28.8. The quantitative estimate of drug-likeness (QED) is 0.218. The lowest BCUT2D eigenvalue weighted by molar-refractivity contribution is 0.184. The molecule has 4 aliphatic rings. The average molecular weight is 653 g/mol. The number of methoxy groups -OCH3 is 5. The third kappa shape index (κ3) is 5.54. The Balaban J connectivity index is 1.47. The molecule has 0 aliphatic carbocycles. The molecule has 9 nitrogen and oxygen atoms in total. The van der Waals surface area contributed by atoms with Gasteiger partial charge in [0.15, 0.2) is 34.5 Å².